The van der Waals surface area contributed by atoms with Gasteiger partial charge in [0.2, 0.25) is 0 Å². The summed E-state index contributed by atoms with van der Waals surface area (Å²) in [7, 11) is -3.44. The van der Waals surface area contributed by atoms with Crippen molar-refractivity contribution in [3.05, 3.63) is 42.5 Å². The number of fused-ring (bicyclic) bond motifs is 1. The molecule has 0 aromatic rings. The smallest absolute Gasteiger partial charge is 0.306 e. The van der Waals surface area contributed by atoms with Crippen LogP contribution in [-0.4, -0.2) is 14.7 Å². The summed E-state index contributed by atoms with van der Waals surface area (Å²) in [5, 5.41) is 0. The largest absolute Gasteiger partial charge is 0.383 e. The average Bonchev–Trinajstić information content (AvgIpc) is 2.32. The molecule has 0 amide bonds. The minimum absolute atomic E-state index is 0.360. The predicted molar refractivity (Wildman–Crippen MR) is 58.5 cm³/mol. The first-order valence-corrected chi connectivity index (χ1v) is 6.24. The fraction of sp³-hybridized carbons (Fsp3) is 0.0909. The highest BCUT2D eigenvalue weighted by molar-refractivity contribution is 7.86. The van der Waals surface area contributed by atoms with Crippen LogP contribution in [0, 0.1) is 0 Å². The molecule has 0 unspecified atom stereocenters. The van der Waals surface area contributed by atoms with Crippen LogP contribution in [0.15, 0.2) is 42.5 Å². The first-order chi connectivity index (χ1) is 7.04. The zero-order valence-corrected chi connectivity index (χ0v) is 8.99. The Kier molecular flexibility index (Phi) is 2.36. The Balaban J connectivity index is 2.45. The van der Waals surface area contributed by atoms with Crippen molar-refractivity contribution in [2.75, 3.05) is 6.26 Å². The summed E-state index contributed by atoms with van der Waals surface area (Å²) in [5.74, 6) is 0.360. The zero-order chi connectivity index (χ0) is 10.9. The van der Waals surface area contributed by atoms with Crippen molar-refractivity contribution in [3.8, 4) is 16.9 Å². The summed E-state index contributed by atoms with van der Waals surface area (Å²) in [6, 6.07) is 12.9. The number of hydrogen-bond donors (Lipinski definition) is 0. The molecule has 0 aromatic carbocycles. The molecule has 0 N–H and O–H groups in total. The Morgan fingerprint density at radius 2 is 1.53 bits per heavy atom. The van der Waals surface area contributed by atoms with Gasteiger partial charge in [-0.15, -0.1) is 0 Å². The Hall–Kier alpha value is -1.55. The van der Waals surface area contributed by atoms with Crippen LogP contribution < -0.4 is 4.18 Å². The Labute approximate surface area is 88.8 Å². The van der Waals surface area contributed by atoms with E-state index in [1.807, 2.05) is 30.3 Å². The van der Waals surface area contributed by atoms with E-state index in [9.17, 15) is 8.42 Å². The first-order valence-electron chi connectivity index (χ1n) is 4.43. The predicted octanol–water partition coefficient (Wildman–Crippen LogP) is 2.13. The molecule has 4 heteroatoms. The molecule has 0 aromatic heterocycles. The van der Waals surface area contributed by atoms with Gasteiger partial charge in [0.1, 0.15) is 5.75 Å². The van der Waals surface area contributed by atoms with Crippen LogP contribution in [0.4, 0.5) is 0 Å². The summed E-state index contributed by atoms with van der Waals surface area (Å²) in [4.78, 5) is 0. The molecule has 0 atom stereocenters. The highest BCUT2D eigenvalue weighted by Gasteiger charge is 2.09. The normalized spacial score (nSPS) is 11.5. The molecule has 0 heterocycles. The molecular formula is C11H10O3S. The lowest BCUT2D eigenvalue weighted by atomic mass is 10.2. The first kappa shape index (κ1) is 9.98. The van der Waals surface area contributed by atoms with E-state index in [4.69, 9.17) is 4.18 Å². The molecule has 0 bridgehead atoms. The van der Waals surface area contributed by atoms with Crippen molar-refractivity contribution >= 4 is 10.1 Å². The minimum atomic E-state index is -3.44. The third-order valence-electron chi connectivity index (χ3n) is 1.95. The zero-order valence-electron chi connectivity index (χ0n) is 8.17. The van der Waals surface area contributed by atoms with Gasteiger partial charge in [-0.1, -0.05) is 30.3 Å². The molecule has 0 radical (unpaired) electrons. The standard InChI is InChI=1S/C11H10O3S/c1-15(12,13)14-11-7-9-5-3-2-4-6-10(9)8-11/h2-8H,1H3. The van der Waals surface area contributed by atoms with Crippen LogP contribution in [0.2, 0.25) is 0 Å². The van der Waals surface area contributed by atoms with E-state index in [1.54, 1.807) is 12.1 Å². The van der Waals surface area contributed by atoms with Crippen LogP contribution in [0.5, 0.6) is 5.75 Å². The molecule has 2 aliphatic carbocycles. The fourth-order valence-electron chi connectivity index (χ4n) is 1.41. The molecule has 0 spiro atoms. The van der Waals surface area contributed by atoms with Crippen molar-refractivity contribution in [3.63, 3.8) is 0 Å². The van der Waals surface area contributed by atoms with E-state index in [0.717, 1.165) is 17.4 Å². The molecule has 2 rings (SSSR count). The SMILES string of the molecule is CS(=O)(=O)Oc1cc2cccccc-2c1. The van der Waals surface area contributed by atoms with Crippen LogP contribution in [0.1, 0.15) is 0 Å². The average molecular weight is 222 g/mol. The van der Waals surface area contributed by atoms with Crippen molar-refractivity contribution in [2.24, 2.45) is 0 Å². The second-order valence-corrected chi connectivity index (χ2v) is 4.87. The Morgan fingerprint density at radius 1 is 1.00 bits per heavy atom. The molecular weight excluding hydrogens is 212 g/mol. The third-order valence-corrected chi connectivity index (χ3v) is 2.45. The van der Waals surface area contributed by atoms with Gasteiger partial charge in [0.25, 0.3) is 0 Å². The van der Waals surface area contributed by atoms with E-state index in [2.05, 4.69) is 0 Å². The van der Waals surface area contributed by atoms with Crippen molar-refractivity contribution in [1.29, 1.82) is 0 Å². The number of rotatable bonds is 2. The van der Waals surface area contributed by atoms with E-state index in [-0.39, 0.29) is 0 Å². The second kappa shape index (κ2) is 3.55. The summed E-state index contributed by atoms with van der Waals surface area (Å²) in [5.41, 5.74) is 1.91. The van der Waals surface area contributed by atoms with E-state index >= 15 is 0 Å². The lowest BCUT2D eigenvalue weighted by Gasteiger charge is -1.96. The molecule has 0 saturated carbocycles. The Bertz CT molecular complexity index is 515. The maximum absolute atomic E-state index is 10.9. The summed E-state index contributed by atoms with van der Waals surface area (Å²) >= 11 is 0. The van der Waals surface area contributed by atoms with Gasteiger partial charge in [0.05, 0.1) is 6.26 Å². The molecule has 15 heavy (non-hydrogen) atoms. The van der Waals surface area contributed by atoms with Crippen LogP contribution in [0.3, 0.4) is 0 Å². The lowest BCUT2D eigenvalue weighted by Crippen LogP contribution is -2.04. The van der Waals surface area contributed by atoms with Crippen molar-refractivity contribution in [1.82, 2.24) is 0 Å². The number of hydrogen-bond acceptors (Lipinski definition) is 3. The highest BCUT2D eigenvalue weighted by atomic mass is 32.2. The van der Waals surface area contributed by atoms with Gasteiger partial charge in [-0.3, -0.25) is 0 Å². The van der Waals surface area contributed by atoms with Gasteiger partial charge in [0.15, 0.2) is 0 Å². The van der Waals surface area contributed by atoms with Gasteiger partial charge < -0.3 is 4.18 Å². The fourth-order valence-corrected chi connectivity index (χ4v) is 1.85. The summed E-state index contributed by atoms with van der Waals surface area (Å²) in [6.45, 7) is 0. The molecule has 0 saturated heterocycles. The van der Waals surface area contributed by atoms with Crippen LogP contribution >= 0.6 is 0 Å². The Morgan fingerprint density at radius 3 is 2.00 bits per heavy atom. The van der Waals surface area contributed by atoms with E-state index in [1.165, 1.54) is 0 Å². The molecule has 0 fully saturated rings. The molecule has 2 aliphatic rings. The van der Waals surface area contributed by atoms with E-state index in [0.29, 0.717) is 5.75 Å². The quantitative estimate of drug-likeness (QED) is 0.731. The molecule has 78 valence electrons. The van der Waals surface area contributed by atoms with Crippen molar-refractivity contribution < 1.29 is 12.6 Å². The van der Waals surface area contributed by atoms with Gasteiger partial charge in [0, 0.05) is 0 Å². The second-order valence-electron chi connectivity index (χ2n) is 3.30. The monoisotopic (exact) mass is 222 g/mol. The lowest BCUT2D eigenvalue weighted by molar-refractivity contribution is 0.494. The topological polar surface area (TPSA) is 43.4 Å². The van der Waals surface area contributed by atoms with Crippen molar-refractivity contribution in [2.45, 2.75) is 0 Å². The molecule has 0 aliphatic heterocycles. The van der Waals surface area contributed by atoms with Crippen LogP contribution in [-0.2, 0) is 10.1 Å². The maximum Gasteiger partial charge on any atom is 0.306 e. The van der Waals surface area contributed by atoms with Gasteiger partial charge in [-0.25, -0.2) is 0 Å². The molecule has 3 nitrogen and oxygen atoms in total. The summed E-state index contributed by atoms with van der Waals surface area (Å²) < 4.78 is 26.6. The third kappa shape index (κ3) is 2.47. The van der Waals surface area contributed by atoms with Crippen LogP contribution in [0.25, 0.3) is 11.1 Å². The summed E-state index contributed by atoms with van der Waals surface area (Å²) in [6.07, 6.45) is 1.03. The van der Waals surface area contributed by atoms with Gasteiger partial charge in [-0.05, 0) is 23.3 Å². The van der Waals surface area contributed by atoms with Gasteiger partial charge >= 0.3 is 10.1 Å². The highest BCUT2D eigenvalue weighted by Crippen LogP contribution is 2.30. The van der Waals surface area contributed by atoms with E-state index < -0.39 is 10.1 Å². The van der Waals surface area contributed by atoms with Gasteiger partial charge in [-0.2, -0.15) is 8.42 Å². The minimum Gasteiger partial charge on any atom is -0.383 e. The maximum atomic E-state index is 10.9.